The van der Waals surface area contributed by atoms with Crippen molar-refractivity contribution < 1.29 is 29.0 Å². The standard InChI is InChI=1S/C14H10ClNO4S.C4H6O2/c15-10-6-9(20-13(18)7-1-2-7)4-3-8(10)5-11-12(17)16-14(19)21-11;5-4(6)3-1-2-3/h3-7H,1-2H2,(H,16,17,19);3H,1-2H2,(H,5,6)/b11-5-;. The minimum atomic E-state index is -0.630. The third-order valence-electron chi connectivity index (χ3n) is 3.96. The maximum Gasteiger partial charge on any atom is 0.314 e. The van der Waals surface area contributed by atoms with E-state index in [4.69, 9.17) is 21.4 Å². The first-order valence-corrected chi connectivity index (χ1v) is 9.52. The van der Waals surface area contributed by atoms with Crippen LogP contribution in [-0.4, -0.2) is 28.2 Å². The molecule has 1 saturated heterocycles. The van der Waals surface area contributed by atoms with Gasteiger partial charge in [-0.25, -0.2) is 0 Å². The number of aliphatic carboxylic acids is 1. The number of esters is 1. The fraction of sp³-hybridized carbons (Fsp3) is 0.333. The molecule has 3 fully saturated rings. The van der Waals surface area contributed by atoms with E-state index in [0.717, 1.165) is 37.4 Å². The fourth-order valence-corrected chi connectivity index (χ4v) is 3.00. The van der Waals surface area contributed by atoms with Gasteiger partial charge in [0.05, 0.1) is 21.8 Å². The van der Waals surface area contributed by atoms with E-state index < -0.39 is 17.1 Å². The fourth-order valence-electron chi connectivity index (χ4n) is 2.10. The van der Waals surface area contributed by atoms with Crippen molar-refractivity contribution >= 4 is 52.5 Å². The summed E-state index contributed by atoms with van der Waals surface area (Å²) in [5.74, 6) is -0.910. The van der Waals surface area contributed by atoms with Gasteiger partial charge in [0, 0.05) is 6.07 Å². The average molecular weight is 410 g/mol. The Bertz CT molecular complexity index is 844. The number of ether oxygens (including phenoxy) is 1. The van der Waals surface area contributed by atoms with Crippen LogP contribution in [0, 0.1) is 11.8 Å². The summed E-state index contributed by atoms with van der Waals surface area (Å²) >= 11 is 6.93. The van der Waals surface area contributed by atoms with E-state index in [9.17, 15) is 19.2 Å². The lowest BCUT2D eigenvalue weighted by Crippen LogP contribution is -2.17. The summed E-state index contributed by atoms with van der Waals surface area (Å²) in [6, 6.07) is 4.77. The molecule has 1 aromatic carbocycles. The topological polar surface area (TPSA) is 110 Å². The molecule has 142 valence electrons. The Labute approximate surface area is 164 Å². The summed E-state index contributed by atoms with van der Waals surface area (Å²) in [4.78, 5) is 44.1. The summed E-state index contributed by atoms with van der Waals surface area (Å²) in [7, 11) is 0. The molecule has 9 heteroatoms. The highest BCUT2D eigenvalue weighted by molar-refractivity contribution is 8.18. The van der Waals surface area contributed by atoms with Crippen LogP contribution in [-0.2, 0) is 14.4 Å². The number of thioether (sulfide) groups is 1. The van der Waals surface area contributed by atoms with Crippen LogP contribution in [0.15, 0.2) is 23.1 Å². The van der Waals surface area contributed by atoms with Gasteiger partial charge in [0.15, 0.2) is 0 Å². The zero-order valence-corrected chi connectivity index (χ0v) is 15.6. The number of rotatable bonds is 4. The van der Waals surface area contributed by atoms with Gasteiger partial charge < -0.3 is 9.84 Å². The molecule has 0 unspecified atom stereocenters. The van der Waals surface area contributed by atoms with Gasteiger partial charge in [-0.2, -0.15) is 0 Å². The van der Waals surface area contributed by atoms with Crippen LogP contribution in [0.5, 0.6) is 5.75 Å². The van der Waals surface area contributed by atoms with Gasteiger partial charge in [0.25, 0.3) is 11.1 Å². The molecule has 4 rings (SSSR count). The molecule has 0 spiro atoms. The number of imide groups is 1. The van der Waals surface area contributed by atoms with E-state index in [-0.39, 0.29) is 22.7 Å². The molecule has 0 atom stereocenters. The largest absolute Gasteiger partial charge is 0.481 e. The van der Waals surface area contributed by atoms with Gasteiger partial charge in [0.1, 0.15) is 5.75 Å². The Morgan fingerprint density at radius 2 is 1.85 bits per heavy atom. The van der Waals surface area contributed by atoms with E-state index in [0.29, 0.717) is 16.3 Å². The van der Waals surface area contributed by atoms with Gasteiger partial charge in [-0.05, 0) is 61.2 Å². The maximum absolute atomic E-state index is 11.6. The van der Waals surface area contributed by atoms with E-state index >= 15 is 0 Å². The summed E-state index contributed by atoms with van der Waals surface area (Å²) in [6.45, 7) is 0. The van der Waals surface area contributed by atoms with Crippen LogP contribution in [0.4, 0.5) is 4.79 Å². The third kappa shape index (κ3) is 5.58. The smallest absolute Gasteiger partial charge is 0.314 e. The molecule has 1 heterocycles. The molecule has 2 saturated carbocycles. The normalized spacial score (nSPS) is 20.0. The van der Waals surface area contributed by atoms with Crippen LogP contribution >= 0.6 is 23.4 Å². The van der Waals surface area contributed by atoms with Crippen LogP contribution in [0.25, 0.3) is 6.08 Å². The number of halogens is 1. The van der Waals surface area contributed by atoms with Crippen molar-refractivity contribution in [1.82, 2.24) is 5.32 Å². The van der Waals surface area contributed by atoms with Gasteiger partial charge in [-0.3, -0.25) is 24.5 Å². The SMILES string of the molecule is O=C(O)C1CC1.O=C1NC(=O)/C(=C/c2ccc(OC(=O)C3CC3)cc2Cl)S1. The summed E-state index contributed by atoms with van der Waals surface area (Å²) in [5.41, 5.74) is 0.579. The van der Waals surface area contributed by atoms with Crippen molar-refractivity contribution in [1.29, 1.82) is 0 Å². The molecule has 2 amide bonds. The van der Waals surface area contributed by atoms with E-state index in [2.05, 4.69) is 5.32 Å². The lowest BCUT2D eigenvalue weighted by atomic mass is 10.2. The van der Waals surface area contributed by atoms with Crippen molar-refractivity contribution in [2.75, 3.05) is 0 Å². The predicted molar refractivity (Wildman–Crippen MR) is 99.3 cm³/mol. The van der Waals surface area contributed by atoms with Crippen LogP contribution in [0.3, 0.4) is 0 Å². The number of benzene rings is 1. The van der Waals surface area contributed by atoms with E-state index in [1.165, 1.54) is 12.1 Å². The molecule has 3 aliphatic rings. The molecule has 1 aromatic rings. The highest BCUT2D eigenvalue weighted by Gasteiger charge is 2.32. The number of carbonyl (C=O) groups excluding carboxylic acids is 3. The second-order valence-electron chi connectivity index (χ2n) is 6.34. The Morgan fingerprint density at radius 1 is 1.19 bits per heavy atom. The highest BCUT2D eigenvalue weighted by atomic mass is 35.5. The van der Waals surface area contributed by atoms with Crippen molar-refractivity contribution in [2.24, 2.45) is 11.8 Å². The molecule has 2 aliphatic carbocycles. The van der Waals surface area contributed by atoms with Gasteiger partial charge in [-0.1, -0.05) is 11.6 Å². The number of carboxylic acids is 1. The molecule has 2 N–H and O–H groups in total. The molecule has 27 heavy (non-hydrogen) atoms. The average Bonchev–Trinajstić information content (AvgIpc) is 3.48. The molecule has 0 radical (unpaired) electrons. The molecule has 0 aromatic heterocycles. The number of carbonyl (C=O) groups is 4. The second kappa shape index (κ2) is 8.14. The zero-order valence-electron chi connectivity index (χ0n) is 14.1. The summed E-state index contributed by atoms with van der Waals surface area (Å²) in [5, 5.41) is 10.2. The zero-order chi connectivity index (χ0) is 19.6. The van der Waals surface area contributed by atoms with Crippen molar-refractivity contribution in [3.8, 4) is 5.75 Å². The lowest BCUT2D eigenvalue weighted by Gasteiger charge is -2.05. The quantitative estimate of drug-likeness (QED) is 0.445. The first-order valence-electron chi connectivity index (χ1n) is 8.32. The minimum Gasteiger partial charge on any atom is -0.481 e. The van der Waals surface area contributed by atoms with Crippen LogP contribution < -0.4 is 10.1 Å². The van der Waals surface area contributed by atoms with Crippen LogP contribution in [0.2, 0.25) is 5.02 Å². The van der Waals surface area contributed by atoms with Crippen molar-refractivity contribution in [3.05, 3.63) is 33.7 Å². The molecule has 1 aliphatic heterocycles. The first kappa shape index (κ1) is 19.4. The molecule has 0 bridgehead atoms. The van der Waals surface area contributed by atoms with Crippen molar-refractivity contribution in [2.45, 2.75) is 25.7 Å². The third-order valence-corrected chi connectivity index (χ3v) is 5.09. The summed E-state index contributed by atoms with van der Waals surface area (Å²) < 4.78 is 5.20. The Hall–Kier alpha value is -2.32. The lowest BCUT2D eigenvalue weighted by molar-refractivity contribution is -0.138. The molecular formula is C18H16ClNO6S. The Kier molecular flexibility index (Phi) is 5.86. The number of carboxylic acid groups (broad SMARTS) is 1. The predicted octanol–water partition coefficient (Wildman–Crippen LogP) is 3.46. The Balaban J connectivity index is 0.000000299. The number of hydrogen-bond donors (Lipinski definition) is 2. The van der Waals surface area contributed by atoms with Gasteiger partial charge in [-0.15, -0.1) is 0 Å². The highest BCUT2D eigenvalue weighted by Crippen LogP contribution is 2.33. The second-order valence-corrected chi connectivity index (χ2v) is 7.77. The summed E-state index contributed by atoms with van der Waals surface area (Å²) in [6.07, 6.45) is 5.07. The van der Waals surface area contributed by atoms with Gasteiger partial charge >= 0.3 is 11.9 Å². The van der Waals surface area contributed by atoms with Gasteiger partial charge in [0.2, 0.25) is 0 Å². The first-order chi connectivity index (χ1) is 12.8. The monoisotopic (exact) mass is 409 g/mol. The maximum atomic E-state index is 11.6. The minimum absolute atomic E-state index is 0.00941. The van der Waals surface area contributed by atoms with E-state index in [1.807, 2.05) is 0 Å². The number of hydrogen-bond acceptors (Lipinski definition) is 6. The molecular weight excluding hydrogens is 394 g/mol. The molecule has 7 nitrogen and oxygen atoms in total. The van der Waals surface area contributed by atoms with Crippen LogP contribution in [0.1, 0.15) is 31.2 Å². The number of nitrogens with one attached hydrogen (secondary N) is 1. The van der Waals surface area contributed by atoms with E-state index in [1.54, 1.807) is 12.1 Å². The number of amides is 2. The van der Waals surface area contributed by atoms with Crippen molar-refractivity contribution in [3.63, 3.8) is 0 Å². The Morgan fingerprint density at radius 3 is 2.30 bits per heavy atom.